The molecule has 0 spiro atoms. The Balaban J connectivity index is 1.71. The molecule has 1 amide bonds. The fourth-order valence-corrected chi connectivity index (χ4v) is 4.02. The first-order valence-electron chi connectivity index (χ1n) is 7.80. The molecule has 0 N–H and O–H groups in total. The van der Waals surface area contributed by atoms with Crippen LogP contribution in [0.1, 0.15) is 35.9 Å². The molecule has 3 rings (SSSR count). The number of thioether (sulfide) groups is 1. The second kappa shape index (κ2) is 7.79. The number of aromatic nitrogens is 1. The van der Waals surface area contributed by atoms with Gasteiger partial charge < -0.3 is 4.90 Å². The van der Waals surface area contributed by atoms with E-state index >= 15 is 0 Å². The van der Waals surface area contributed by atoms with Gasteiger partial charge in [-0.15, -0.1) is 23.1 Å². The van der Waals surface area contributed by atoms with Gasteiger partial charge in [-0.3, -0.25) is 4.79 Å². The highest BCUT2D eigenvalue weighted by Crippen LogP contribution is 2.32. The van der Waals surface area contributed by atoms with Crippen LogP contribution < -0.4 is 0 Å². The van der Waals surface area contributed by atoms with Crippen LogP contribution in [-0.4, -0.2) is 28.6 Å². The maximum absolute atomic E-state index is 12.6. The van der Waals surface area contributed by atoms with Crippen molar-refractivity contribution in [1.29, 1.82) is 0 Å². The van der Waals surface area contributed by atoms with E-state index in [-0.39, 0.29) is 11.9 Å². The Labute approximate surface area is 145 Å². The smallest absolute Gasteiger partial charge is 0.247 e. The van der Waals surface area contributed by atoms with E-state index in [4.69, 9.17) is 0 Å². The number of amides is 1. The molecule has 1 aromatic carbocycles. The first-order valence-corrected chi connectivity index (χ1v) is 9.90. The Kier molecular flexibility index (Phi) is 5.51. The van der Waals surface area contributed by atoms with Gasteiger partial charge in [0.25, 0.3) is 0 Å². The summed E-state index contributed by atoms with van der Waals surface area (Å²) < 4.78 is 0. The van der Waals surface area contributed by atoms with Gasteiger partial charge in [0.15, 0.2) is 0 Å². The summed E-state index contributed by atoms with van der Waals surface area (Å²) in [6.45, 7) is 0.818. The highest BCUT2D eigenvalue weighted by Gasteiger charge is 2.28. The van der Waals surface area contributed by atoms with Crippen LogP contribution in [0, 0.1) is 0 Å². The van der Waals surface area contributed by atoms with Crippen LogP contribution in [-0.2, 0) is 4.79 Å². The number of hydrogen-bond donors (Lipinski definition) is 0. The van der Waals surface area contributed by atoms with Gasteiger partial charge in [-0.05, 0) is 49.3 Å². The molecule has 1 saturated heterocycles. The van der Waals surface area contributed by atoms with Crippen molar-refractivity contribution in [2.24, 2.45) is 0 Å². The van der Waals surface area contributed by atoms with Crippen molar-refractivity contribution in [1.82, 2.24) is 9.88 Å². The lowest BCUT2D eigenvalue weighted by atomic mass is 10.0. The van der Waals surface area contributed by atoms with Gasteiger partial charge in [0, 0.05) is 29.1 Å². The fraction of sp³-hybridized carbons (Fsp3) is 0.333. The Morgan fingerprint density at radius 3 is 2.87 bits per heavy atom. The molecule has 120 valence electrons. The zero-order valence-corrected chi connectivity index (χ0v) is 14.8. The van der Waals surface area contributed by atoms with E-state index in [0.717, 1.165) is 36.4 Å². The molecule has 0 saturated carbocycles. The molecule has 1 atom stereocenters. The van der Waals surface area contributed by atoms with Crippen LogP contribution in [0.4, 0.5) is 0 Å². The third kappa shape index (κ3) is 4.03. The first kappa shape index (κ1) is 16.3. The standard InChI is InChI=1S/C18H20N2OS2/c1-22-15-8-5-14(6-9-15)7-10-17(21)20-12-3-2-4-16(20)18-19-11-13-23-18/h5-11,13,16H,2-4,12H2,1H3/b10-7+. The van der Waals surface area contributed by atoms with E-state index in [9.17, 15) is 4.79 Å². The van der Waals surface area contributed by atoms with Crippen LogP contribution in [0.15, 0.2) is 46.8 Å². The molecular formula is C18H20N2OS2. The molecule has 0 aliphatic carbocycles. The van der Waals surface area contributed by atoms with Crippen molar-refractivity contribution in [2.75, 3.05) is 12.8 Å². The van der Waals surface area contributed by atoms with Crippen molar-refractivity contribution in [3.8, 4) is 0 Å². The van der Waals surface area contributed by atoms with E-state index in [2.05, 4.69) is 23.4 Å². The number of piperidine rings is 1. The van der Waals surface area contributed by atoms with Crippen molar-refractivity contribution in [2.45, 2.75) is 30.2 Å². The summed E-state index contributed by atoms with van der Waals surface area (Å²) in [6, 6.07) is 8.39. The van der Waals surface area contributed by atoms with Gasteiger partial charge in [0.05, 0.1) is 6.04 Å². The summed E-state index contributed by atoms with van der Waals surface area (Å²) in [7, 11) is 0. The molecule has 1 fully saturated rings. The van der Waals surface area contributed by atoms with Gasteiger partial charge in [0.2, 0.25) is 5.91 Å². The number of carbonyl (C=O) groups excluding carboxylic acids is 1. The molecule has 0 radical (unpaired) electrons. The third-order valence-electron chi connectivity index (χ3n) is 4.06. The summed E-state index contributed by atoms with van der Waals surface area (Å²) in [6.07, 6.45) is 10.7. The summed E-state index contributed by atoms with van der Waals surface area (Å²) in [4.78, 5) is 20.2. The second-order valence-corrected chi connectivity index (χ2v) is 7.33. The Hall–Kier alpha value is -1.59. The van der Waals surface area contributed by atoms with E-state index in [1.54, 1.807) is 29.2 Å². The van der Waals surface area contributed by atoms with Gasteiger partial charge >= 0.3 is 0 Å². The molecule has 23 heavy (non-hydrogen) atoms. The molecular weight excluding hydrogens is 324 g/mol. The lowest BCUT2D eigenvalue weighted by Crippen LogP contribution is -2.37. The van der Waals surface area contributed by atoms with Crippen molar-refractivity contribution in [3.05, 3.63) is 52.5 Å². The minimum absolute atomic E-state index is 0.0823. The molecule has 5 heteroatoms. The van der Waals surface area contributed by atoms with Crippen LogP contribution in [0.5, 0.6) is 0 Å². The maximum atomic E-state index is 12.6. The topological polar surface area (TPSA) is 33.2 Å². The average molecular weight is 345 g/mol. The summed E-state index contributed by atoms with van der Waals surface area (Å²) in [5.41, 5.74) is 1.05. The predicted molar refractivity (Wildman–Crippen MR) is 97.7 cm³/mol. The van der Waals surface area contributed by atoms with Crippen LogP contribution >= 0.6 is 23.1 Å². The number of carbonyl (C=O) groups is 1. The molecule has 3 nitrogen and oxygen atoms in total. The molecule has 1 unspecified atom stereocenters. The number of thiazole rings is 1. The number of likely N-dealkylation sites (tertiary alicyclic amines) is 1. The first-order chi connectivity index (χ1) is 11.3. The number of rotatable bonds is 4. The van der Waals surface area contributed by atoms with Gasteiger partial charge in [-0.2, -0.15) is 0 Å². The Morgan fingerprint density at radius 2 is 2.17 bits per heavy atom. The molecule has 0 bridgehead atoms. The Morgan fingerprint density at radius 1 is 1.35 bits per heavy atom. The van der Waals surface area contributed by atoms with E-state index < -0.39 is 0 Å². The molecule has 1 aliphatic heterocycles. The van der Waals surface area contributed by atoms with Crippen LogP contribution in [0.2, 0.25) is 0 Å². The number of hydrogen-bond acceptors (Lipinski definition) is 4. The minimum atomic E-state index is 0.0823. The highest BCUT2D eigenvalue weighted by atomic mass is 32.2. The van der Waals surface area contributed by atoms with E-state index in [1.807, 2.05) is 34.7 Å². The average Bonchev–Trinajstić information content (AvgIpc) is 3.14. The largest absolute Gasteiger partial charge is 0.330 e. The zero-order valence-electron chi connectivity index (χ0n) is 13.1. The molecule has 2 heterocycles. The summed E-state index contributed by atoms with van der Waals surface area (Å²) in [5.74, 6) is 0.0823. The monoisotopic (exact) mass is 344 g/mol. The minimum Gasteiger partial charge on any atom is -0.330 e. The van der Waals surface area contributed by atoms with Crippen molar-refractivity contribution < 1.29 is 4.79 Å². The number of nitrogens with zero attached hydrogens (tertiary/aromatic N) is 2. The van der Waals surface area contributed by atoms with Crippen molar-refractivity contribution in [3.63, 3.8) is 0 Å². The fourth-order valence-electron chi connectivity index (χ4n) is 2.83. The summed E-state index contributed by atoms with van der Waals surface area (Å²) >= 11 is 3.36. The number of benzene rings is 1. The van der Waals surface area contributed by atoms with Crippen LogP contribution in [0.25, 0.3) is 6.08 Å². The Bertz CT molecular complexity index is 665. The maximum Gasteiger partial charge on any atom is 0.247 e. The highest BCUT2D eigenvalue weighted by molar-refractivity contribution is 7.98. The quantitative estimate of drug-likeness (QED) is 0.599. The van der Waals surface area contributed by atoms with Crippen LogP contribution in [0.3, 0.4) is 0 Å². The van der Waals surface area contributed by atoms with E-state index in [1.165, 1.54) is 4.90 Å². The lowest BCUT2D eigenvalue weighted by molar-refractivity contribution is -0.129. The second-order valence-electron chi connectivity index (χ2n) is 5.52. The SMILES string of the molecule is CSc1ccc(/C=C/C(=O)N2CCCCC2c2nccs2)cc1. The van der Waals surface area contributed by atoms with Gasteiger partial charge in [-0.25, -0.2) is 4.98 Å². The lowest BCUT2D eigenvalue weighted by Gasteiger charge is -2.33. The zero-order chi connectivity index (χ0) is 16.1. The third-order valence-corrected chi connectivity index (χ3v) is 5.68. The predicted octanol–water partition coefficient (Wildman–Crippen LogP) is 4.63. The summed E-state index contributed by atoms with van der Waals surface area (Å²) in [5, 5.41) is 3.03. The molecule has 2 aromatic rings. The van der Waals surface area contributed by atoms with Gasteiger partial charge in [-0.1, -0.05) is 12.1 Å². The molecule has 1 aliphatic rings. The van der Waals surface area contributed by atoms with Crippen molar-refractivity contribution >= 4 is 35.1 Å². The van der Waals surface area contributed by atoms with Gasteiger partial charge in [0.1, 0.15) is 5.01 Å². The normalized spacial score (nSPS) is 18.5. The van der Waals surface area contributed by atoms with E-state index in [0.29, 0.717) is 0 Å². The molecule has 1 aromatic heterocycles.